The molecule has 2 aromatic carbocycles. The summed E-state index contributed by atoms with van der Waals surface area (Å²) in [4.78, 5) is 13.9. The van der Waals surface area contributed by atoms with Crippen LogP contribution in [0, 0.1) is 5.82 Å². The molecule has 1 aliphatic rings. The Bertz CT molecular complexity index is 972. The van der Waals surface area contributed by atoms with E-state index in [2.05, 4.69) is 15.9 Å². The number of carbonyl (C=O) groups excluding carboxylic acids is 1. The van der Waals surface area contributed by atoms with Crippen molar-refractivity contribution < 1.29 is 17.6 Å². The Morgan fingerprint density at radius 3 is 2.43 bits per heavy atom. The molecule has 0 atom stereocenters. The van der Waals surface area contributed by atoms with Crippen LogP contribution in [0.3, 0.4) is 0 Å². The second-order valence-corrected chi connectivity index (χ2v) is 9.35. The minimum absolute atomic E-state index is 0.0517. The number of rotatable bonds is 5. The summed E-state index contributed by atoms with van der Waals surface area (Å²) in [7, 11) is -3.43. The molecule has 0 saturated carbocycles. The third kappa shape index (κ3) is 5.27. The van der Waals surface area contributed by atoms with Crippen molar-refractivity contribution in [3.05, 3.63) is 76.0 Å². The molecule has 0 aromatic heterocycles. The largest absolute Gasteiger partial charge is 0.337 e. The van der Waals surface area contributed by atoms with Crippen molar-refractivity contribution in [1.29, 1.82) is 0 Å². The van der Waals surface area contributed by atoms with E-state index in [1.165, 1.54) is 22.5 Å². The fraction of sp³-hybridized carbons (Fsp3) is 0.250. The average Bonchev–Trinajstić information content (AvgIpc) is 2.69. The second kappa shape index (κ2) is 8.98. The minimum Gasteiger partial charge on any atom is -0.337 e. The highest BCUT2D eigenvalue weighted by molar-refractivity contribution is 9.10. The van der Waals surface area contributed by atoms with Gasteiger partial charge in [-0.25, -0.2) is 12.8 Å². The van der Waals surface area contributed by atoms with Gasteiger partial charge in [0.25, 0.3) is 0 Å². The molecule has 0 radical (unpaired) electrons. The molecule has 2 aromatic rings. The summed E-state index contributed by atoms with van der Waals surface area (Å²) in [5.41, 5.74) is 1.05. The van der Waals surface area contributed by atoms with Gasteiger partial charge in [0.1, 0.15) is 5.82 Å². The lowest BCUT2D eigenvalue weighted by atomic mass is 10.2. The summed E-state index contributed by atoms with van der Waals surface area (Å²) >= 11 is 3.27. The molecule has 3 rings (SSSR count). The van der Waals surface area contributed by atoms with E-state index in [1.54, 1.807) is 29.2 Å². The van der Waals surface area contributed by atoms with Crippen LogP contribution < -0.4 is 0 Å². The smallest absolute Gasteiger partial charge is 0.246 e. The second-order valence-electron chi connectivity index (χ2n) is 6.47. The average molecular weight is 467 g/mol. The SMILES string of the molecule is O=C(C=Cc1cc(Br)ccc1F)N1CCN(S(=O)(=O)Cc2ccccc2)CC1. The Kier molecular flexibility index (Phi) is 6.64. The maximum Gasteiger partial charge on any atom is 0.246 e. The maximum absolute atomic E-state index is 13.8. The summed E-state index contributed by atoms with van der Waals surface area (Å²) in [6.07, 6.45) is 2.75. The van der Waals surface area contributed by atoms with Crippen LogP contribution in [0.25, 0.3) is 6.08 Å². The van der Waals surface area contributed by atoms with Crippen LogP contribution in [0.5, 0.6) is 0 Å². The lowest BCUT2D eigenvalue weighted by Crippen LogP contribution is -2.50. The van der Waals surface area contributed by atoms with Gasteiger partial charge in [-0.15, -0.1) is 0 Å². The number of hydrogen-bond acceptors (Lipinski definition) is 3. The van der Waals surface area contributed by atoms with Crippen LogP contribution >= 0.6 is 15.9 Å². The van der Waals surface area contributed by atoms with Crippen LogP contribution in [0.2, 0.25) is 0 Å². The Balaban J connectivity index is 1.58. The van der Waals surface area contributed by atoms with Crippen molar-refractivity contribution in [3.8, 4) is 0 Å². The standard InChI is InChI=1S/C20H20BrFN2O3S/c21-18-7-8-19(22)17(14-18)6-9-20(25)23-10-12-24(13-11-23)28(26,27)15-16-4-2-1-3-5-16/h1-9,14H,10-13,15H2. The minimum atomic E-state index is -3.43. The first-order valence-corrected chi connectivity index (χ1v) is 11.2. The molecule has 0 aliphatic carbocycles. The molecule has 8 heteroatoms. The summed E-state index contributed by atoms with van der Waals surface area (Å²) in [6, 6.07) is 13.5. The summed E-state index contributed by atoms with van der Waals surface area (Å²) in [6.45, 7) is 1.11. The van der Waals surface area contributed by atoms with Crippen molar-refractivity contribution in [2.75, 3.05) is 26.2 Å². The molecule has 1 fully saturated rings. The van der Waals surface area contributed by atoms with Gasteiger partial charge < -0.3 is 4.90 Å². The first-order chi connectivity index (χ1) is 13.3. The lowest BCUT2D eigenvalue weighted by molar-refractivity contribution is -0.127. The van der Waals surface area contributed by atoms with Gasteiger partial charge >= 0.3 is 0 Å². The van der Waals surface area contributed by atoms with Crippen LogP contribution in [-0.4, -0.2) is 49.7 Å². The van der Waals surface area contributed by atoms with E-state index in [1.807, 2.05) is 18.2 Å². The summed E-state index contributed by atoms with van der Waals surface area (Å²) in [5.74, 6) is -0.729. The fourth-order valence-corrected chi connectivity index (χ4v) is 4.87. The van der Waals surface area contributed by atoms with E-state index in [0.717, 1.165) is 10.0 Å². The number of benzene rings is 2. The van der Waals surface area contributed by atoms with Crippen molar-refractivity contribution in [2.24, 2.45) is 0 Å². The van der Waals surface area contributed by atoms with Crippen molar-refractivity contribution in [3.63, 3.8) is 0 Å². The Labute approximate surface area is 172 Å². The van der Waals surface area contributed by atoms with Gasteiger partial charge in [0.15, 0.2) is 0 Å². The molecule has 1 aliphatic heterocycles. The number of piperazine rings is 1. The van der Waals surface area contributed by atoms with Crippen LogP contribution in [0.15, 0.2) is 59.1 Å². The molecular formula is C20H20BrFN2O3S. The Morgan fingerprint density at radius 1 is 1.07 bits per heavy atom. The van der Waals surface area contributed by atoms with Gasteiger partial charge in [-0.1, -0.05) is 46.3 Å². The topological polar surface area (TPSA) is 57.7 Å². The van der Waals surface area contributed by atoms with E-state index < -0.39 is 15.8 Å². The summed E-state index contributed by atoms with van der Waals surface area (Å²) in [5, 5.41) is 0. The zero-order valence-corrected chi connectivity index (χ0v) is 17.5. The number of sulfonamides is 1. The lowest BCUT2D eigenvalue weighted by Gasteiger charge is -2.33. The zero-order chi connectivity index (χ0) is 20.1. The predicted molar refractivity (Wildman–Crippen MR) is 110 cm³/mol. The molecule has 28 heavy (non-hydrogen) atoms. The van der Waals surface area contributed by atoms with Crippen LogP contribution in [-0.2, 0) is 20.6 Å². The van der Waals surface area contributed by atoms with E-state index in [0.29, 0.717) is 18.7 Å². The molecule has 1 amide bonds. The van der Waals surface area contributed by atoms with Gasteiger partial charge in [0, 0.05) is 42.3 Å². The van der Waals surface area contributed by atoms with Gasteiger partial charge in [-0.2, -0.15) is 4.31 Å². The maximum atomic E-state index is 13.8. The molecule has 1 heterocycles. The third-order valence-electron chi connectivity index (χ3n) is 4.50. The van der Waals surface area contributed by atoms with Crippen molar-refractivity contribution >= 4 is 37.9 Å². The van der Waals surface area contributed by atoms with E-state index in [4.69, 9.17) is 0 Å². The van der Waals surface area contributed by atoms with E-state index in [9.17, 15) is 17.6 Å². The third-order valence-corrected chi connectivity index (χ3v) is 6.84. The number of carbonyl (C=O) groups is 1. The van der Waals surface area contributed by atoms with Gasteiger partial charge in [-0.05, 0) is 29.8 Å². The van der Waals surface area contributed by atoms with E-state index >= 15 is 0 Å². The number of hydrogen-bond donors (Lipinski definition) is 0. The molecule has 148 valence electrons. The van der Waals surface area contributed by atoms with Crippen molar-refractivity contribution in [1.82, 2.24) is 9.21 Å². The quantitative estimate of drug-likeness (QED) is 0.635. The first kappa shape index (κ1) is 20.7. The van der Waals surface area contributed by atoms with Gasteiger partial charge in [0.05, 0.1) is 5.75 Å². The molecule has 5 nitrogen and oxygen atoms in total. The highest BCUT2D eigenvalue weighted by Crippen LogP contribution is 2.17. The Morgan fingerprint density at radius 2 is 1.75 bits per heavy atom. The summed E-state index contributed by atoms with van der Waals surface area (Å²) < 4.78 is 41.0. The molecule has 0 N–H and O–H groups in total. The number of nitrogens with zero attached hydrogens (tertiary/aromatic N) is 2. The monoisotopic (exact) mass is 466 g/mol. The molecule has 0 bridgehead atoms. The zero-order valence-electron chi connectivity index (χ0n) is 15.1. The normalized spacial score (nSPS) is 15.9. The molecule has 0 unspecified atom stereocenters. The number of amides is 1. The van der Waals surface area contributed by atoms with E-state index in [-0.39, 0.29) is 24.7 Å². The van der Waals surface area contributed by atoms with Gasteiger partial charge in [-0.3, -0.25) is 4.79 Å². The molecular weight excluding hydrogens is 447 g/mol. The molecule has 1 saturated heterocycles. The molecule has 0 spiro atoms. The van der Waals surface area contributed by atoms with Crippen LogP contribution in [0.4, 0.5) is 4.39 Å². The highest BCUT2D eigenvalue weighted by Gasteiger charge is 2.28. The first-order valence-electron chi connectivity index (χ1n) is 8.79. The van der Waals surface area contributed by atoms with Crippen LogP contribution in [0.1, 0.15) is 11.1 Å². The Hall–Kier alpha value is -2.03. The number of halogens is 2. The van der Waals surface area contributed by atoms with Gasteiger partial charge in [0.2, 0.25) is 15.9 Å². The fourth-order valence-electron chi connectivity index (χ4n) is 2.97. The van der Waals surface area contributed by atoms with Crippen molar-refractivity contribution in [2.45, 2.75) is 5.75 Å². The predicted octanol–water partition coefficient (Wildman–Crippen LogP) is 3.28. The highest BCUT2D eigenvalue weighted by atomic mass is 79.9.